The molecule has 32 heavy (non-hydrogen) atoms. The first-order valence-corrected chi connectivity index (χ1v) is 9.93. The molecule has 2 aromatic heterocycles. The number of methoxy groups -OCH3 is 1. The smallest absolute Gasteiger partial charge is 0.418 e. The van der Waals surface area contributed by atoms with E-state index in [9.17, 15) is 18.0 Å². The van der Waals surface area contributed by atoms with Gasteiger partial charge in [-0.25, -0.2) is 4.68 Å². The average molecular weight is 460 g/mol. The Kier molecular flexibility index (Phi) is 5.61. The molecule has 0 radical (unpaired) electrons. The Bertz CT molecular complexity index is 1270. The molecule has 4 aromatic rings. The summed E-state index contributed by atoms with van der Waals surface area (Å²) in [5, 5.41) is 10.7. The van der Waals surface area contributed by atoms with Gasteiger partial charge in [0.1, 0.15) is 5.75 Å². The van der Waals surface area contributed by atoms with Crippen LogP contribution in [-0.2, 0) is 6.18 Å². The van der Waals surface area contributed by atoms with Crippen LogP contribution < -0.4 is 10.1 Å². The monoisotopic (exact) mass is 460 g/mol. The molecular formula is C20H15F3N6O2S. The molecule has 1 amide bonds. The van der Waals surface area contributed by atoms with Gasteiger partial charge in [0.25, 0.3) is 5.91 Å². The van der Waals surface area contributed by atoms with Crippen LogP contribution in [-0.4, -0.2) is 37.4 Å². The lowest BCUT2D eigenvalue weighted by Gasteiger charge is -2.12. The Balaban J connectivity index is 1.58. The van der Waals surface area contributed by atoms with Crippen molar-refractivity contribution in [1.29, 1.82) is 0 Å². The van der Waals surface area contributed by atoms with Crippen LogP contribution in [0.5, 0.6) is 5.75 Å². The van der Waals surface area contributed by atoms with E-state index in [1.54, 1.807) is 31.2 Å². The number of hydrogen-bond donors (Lipinski definition) is 1. The molecule has 164 valence electrons. The maximum absolute atomic E-state index is 13.4. The highest BCUT2D eigenvalue weighted by Gasteiger charge is 2.34. The molecule has 2 aromatic carbocycles. The van der Waals surface area contributed by atoms with E-state index in [0.717, 1.165) is 22.3 Å². The van der Waals surface area contributed by atoms with Gasteiger partial charge in [-0.3, -0.25) is 10.1 Å². The Hall–Kier alpha value is -3.80. The average Bonchev–Trinajstić information content (AvgIpc) is 3.39. The number of aromatic nitrogens is 5. The molecular weight excluding hydrogens is 445 g/mol. The number of halogens is 3. The number of carbonyl (C=O) groups is 1. The molecule has 0 bridgehead atoms. The van der Waals surface area contributed by atoms with Crippen LogP contribution in [0.2, 0.25) is 0 Å². The minimum absolute atomic E-state index is 0.147. The van der Waals surface area contributed by atoms with E-state index in [-0.39, 0.29) is 22.3 Å². The number of para-hydroxylation sites is 1. The molecule has 0 aliphatic heterocycles. The predicted octanol–water partition coefficient (Wildman–Crippen LogP) is 4.37. The number of nitrogens with one attached hydrogen (secondary N) is 1. The standard InChI is InChI=1S/C20H15F3N6O2S/c1-11-16(26-28-29(11)15-6-4-3-5-14(15)20(21,22)23)17-24-19(32-27-17)25-18(30)12-7-9-13(31-2)10-8-12/h3-10H,1-2H3,(H,24,25,27,30). The number of rotatable bonds is 5. The van der Waals surface area contributed by atoms with Gasteiger partial charge in [-0.15, -0.1) is 5.10 Å². The first-order valence-electron chi connectivity index (χ1n) is 9.16. The number of nitrogens with zero attached hydrogens (tertiary/aromatic N) is 5. The largest absolute Gasteiger partial charge is 0.497 e. The van der Waals surface area contributed by atoms with Crippen molar-refractivity contribution in [3.63, 3.8) is 0 Å². The fraction of sp³-hybridized carbons (Fsp3) is 0.150. The van der Waals surface area contributed by atoms with Crippen LogP contribution in [0.1, 0.15) is 21.6 Å². The third-order valence-electron chi connectivity index (χ3n) is 4.54. The van der Waals surface area contributed by atoms with Crippen molar-refractivity contribution >= 4 is 22.6 Å². The topological polar surface area (TPSA) is 94.8 Å². The van der Waals surface area contributed by atoms with E-state index >= 15 is 0 Å². The van der Waals surface area contributed by atoms with Crippen molar-refractivity contribution in [2.24, 2.45) is 0 Å². The quantitative estimate of drug-likeness (QED) is 0.475. The van der Waals surface area contributed by atoms with Gasteiger partial charge in [-0.2, -0.15) is 22.5 Å². The molecule has 0 spiro atoms. The van der Waals surface area contributed by atoms with Gasteiger partial charge < -0.3 is 4.74 Å². The first kappa shape index (κ1) is 21.4. The molecule has 4 rings (SSSR count). The van der Waals surface area contributed by atoms with E-state index in [4.69, 9.17) is 4.74 Å². The molecule has 0 atom stereocenters. The second-order valence-electron chi connectivity index (χ2n) is 6.56. The summed E-state index contributed by atoms with van der Waals surface area (Å²) in [7, 11) is 1.53. The fourth-order valence-electron chi connectivity index (χ4n) is 2.94. The molecule has 0 aliphatic carbocycles. The minimum atomic E-state index is -4.55. The summed E-state index contributed by atoms with van der Waals surface area (Å²) in [6, 6.07) is 11.6. The second-order valence-corrected chi connectivity index (χ2v) is 7.31. The van der Waals surface area contributed by atoms with E-state index in [0.29, 0.717) is 17.0 Å². The number of carbonyl (C=O) groups excluding carboxylic acids is 1. The third kappa shape index (κ3) is 4.17. The van der Waals surface area contributed by atoms with Crippen LogP contribution in [0.25, 0.3) is 17.2 Å². The molecule has 0 saturated heterocycles. The molecule has 0 fully saturated rings. The lowest BCUT2D eigenvalue weighted by Crippen LogP contribution is -2.12. The molecule has 0 saturated carbocycles. The van der Waals surface area contributed by atoms with Crippen molar-refractivity contribution in [2.45, 2.75) is 13.1 Å². The molecule has 8 nitrogen and oxygen atoms in total. The van der Waals surface area contributed by atoms with Crippen LogP contribution in [0.3, 0.4) is 0 Å². The summed E-state index contributed by atoms with van der Waals surface area (Å²) in [5.74, 6) is 0.369. The zero-order valence-corrected chi connectivity index (χ0v) is 17.5. The van der Waals surface area contributed by atoms with Gasteiger partial charge in [0.05, 0.1) is 24.1 Å². The lowest BCUT2D eigenvalue weighted by atomic mass is 10.1. The van der Waals surface area contributed by atoms with Crippen molar-refractivity contribution in [3.05, 3.63) is 65.4 Å². The minimum Gasteiger partial charge on any atom is -0.497 e. The Morgan fingerprint density at radius 2 is 1.84 bits per heavy atom. The Morgan fingerprint density at radius 3 is 2.53 bits per heavy atom. The SMILES string of the molecule is COc1ccc(C(=O)Nc2nc(-c3nnn(-c4ccccc4C(F)(F)F)c3C)ns2)cc1. The van der Waals surface area contributed by atoms with Crippen molar-refractivity contribution in [2.75, 3.05) is 12.4 Å². The maximum Gasteiger partial charge on any atom is 0.418 e. The number of benzene rings is 2. The maximum atomic E-state index is 13.4. The summed E-state index contributed by atoms with van der Waals surface area (Å²) in [6.07, 6.45) is -4.55. The van der Waals surface area contributed by atoms with Gasteiger partial charge in [-0.1, -0.05) is 17.3 Å². The Morgan fingerprint density at radius 1 is 1.12 bits per heavy atom. The normalized spacial score (nSPS) is 11.4. The number of ether oxygens (including phenoxy) is 1. The third-order valence-corrected chi connectivity index (χ3v) is 5.17. The summed E-state index contributed by atoms with van der Waals surface area (Å²) < 4.78 is 50.4. The van der Waals surface area contributed by atoms with Crippen LogP contribution in [0.4, 0.5) is 18.3 Å². The molecule has 12 heteroatoms. The highest BCUT2D eigenvalue weighted by atomic mass is 32.1. The molecule has 1 N–H and O–H groups in total. The van der Waals surface area contributed by atoms with Crippen molar-refractivity contribution in [3.8, 4) is 23.0 Å². The predicted molar refractivity (Wildman–Crippen MR) is 111 cm³/mol. The lowest BCUT2D eigenvalue weighted by molar-refractivity contribution is -0.137. The first-order chi connectivity index (χ1) is 15.3. The summed E-state index contributed by atoms with van der Waals surface area (Å²) in [4.78, 5) is 16.6. The van der Waals surface area contributed by atoms with E-state index < -0.39 is 17.6 Å². The van der Waals surface area contributed by atoms with Crippen LogP contribution in [0.15, 0.2) is 48.5 Å². The Labute approximate surface area is 183 Å². The zero-order valence-electron chi connectivity index (χ0n) is 16.7. The fourth-order valence-corrected chi connectivity index (χ4v) is 3.51. The second kappa shape index (κ2) is 8.38. The van der Waals surface area contributed by atoms with Crippen LogP contribution in [0, 0.1) is 6.92 Å². The van der Waals surface area contributed by atoms with E-state index in [1.807, 2.05) is 0 Å². The summed E-state index contributed by atoms with van der Waals surface area (Å²) >= 11 is 0.921. The molecule has 0 unspecified atom stereocenters. The van der Waals surface area contributed by atoms with E-state index in [1.165, 1.54) is 25.3 Å². The van der Waals surface area contributed by atoms with Gasteiger partial charge in [0.2, 0.25) is 5.13 Å². The van der Waals surface area contributed by atoms with E-state index in [2.05, 4.69) is 25.0 Å². The number of alkyl halides is 3. The van der Waals surface area contributed by atoms with Gasteiger partial charge in [-0.05, 0) is 43.3 Å². The van der Waals surface area contributed by atoms with Crippen molar-refractivity contribution < 1.29 is 22.7 Å². The number of hydrogen-bond acceptors (Lipinski definition) is 7. The van der Waals surface area contributed by atoms with Gasteiger partial charge >= 0.3 is 6.18 Å². The zero-order chi connectivity index (χ0) is 22.9. The molecule has 2 heterocycles. The molecule has 0 aliphatic rings. The van der Waals surface area contributed by atoms with Crippen molar-refractivity contribution in [1.82, 2.24) is 24.4 Å². The highest BCUT2D eigenvalue weighted by Crippen LogP contribution is 2.34. The summed E-state index contributed by atoms with van der Waals surface area (Å²) in [6.45, 7) is 1.57. The summed E-state index contributed by atoms with van der Waals surface area (Å²) in [5.41, 5.74) is -0.0538. The number of anilines is 1. The van der Waals surface area contributed by atoms with Crippen LogP contribution >= 0.6 is 11.5 Å². The highest BCUT2D eigenvalue weighted by molar-refractivity contribution is 7.10. The number of amides is 1. The van der Waals surface area contributed by atoms with Gasteiger partial charge in [0.15, 0.2) is 11.5 Å². The van der Waals surface area contributed by atoms with Gasteiger partial charge in [0, 0.05) is 17.1 Å².